The van der Waals surface area contributed by atoms with E-state index in [4.69, 9.17) is 17.0 Å². The smallest absolute Gasteiger partial charge is 0.303 e. The van der Waals surface area contributed by atoms with Crippen molar-refractivity contribution < 1.29 is 26.6 Å². The molecule has 0 radical (unpaired) electrons. The highest BCUT2D eigenvalue weighted by Crippen LogP contribution is 2.22. The van der Waals surface area contributed by atoms with Crippen molar-refractivity contribution in [2.75, 3.05) is 13.1 Å². The number of pyridine rings is 1. The first-order valence-electron chi connectivity index (χ1n) is 12.0. The van der Waals surface area contributed by atoms with E-state index < -0.39 is 18.4 Å². The molecule has 7 heteroatoms. The topological polar surface area (TPSA) is 92.9 Å². The maximum absolute atomic E-state index is 13.4. The molecular formula is C27H28N2O5. The molecule has 1 N–H and O–H groups in total. The number of hydrogen-bond donors (Lipinski definition) is 1. The van der Waals surface area contributed by atoms with Crippen LogP contribution in [0.4, 0.5) is 0 Å². The van der Waals surface area contributed by atoms with Gasteiger partial charge in [0.15, 0.2) is 5.76 Å². The second kappa shape index (κ2) is 12.9. The summed E-state index contributed by atoms with van der Waals surface area (Å²) in [5, 5.41) is 8.74. The zero-order valence-corrected chi connectivity index (χ0v) is 19.0. The van der Waals surface area contributed by atoms with Gasteiger partial charge in [0, 0.05) is 18.2 Å². The molecule has 34 heavy (non-hydrogen) atoms. The van der Waals surface area contributed by atoms with Crippen molar-refractivity contribution in [3.05, 3.63) is 72.1 Å². The standard InChI is InChI=1S/C27H28N2O5/c1-2-3-16-29(27(32)21-14-15-23(28-19-21)25-12-9-18-34-25)20-22-10-6-7-11-24(22)33-17-8-4-5-13-26(30)31/h6-7,9-12,14-15,18-19H,4-5,8,13,16-17,20H2,1H3,(H,30,31)/i16D2. The average Bonchev–Trinajstić information content (AvgIpc) is 3.40. The Kier molecular flexibility index (Phi) is 8.23. The number of benzene rings is 1. The molecule has 1 amide bonds. The largest absolute Gasteiger partial charge is 0.493 e. The third-order valence-electron chi connectivity index (χ3n) is 4.94. The Bertz CT molecular complexity index is 1210. The molecule has 0 saturated heterocycles. The Balaban J connectivity index is 1.77. The predicted octanol–water partition coefficient (Wildman–Crippen LogP) is 5.03. The Hall–Kier alpha value is -4.05. The van der Waals surface area contributed by atoms with Gasteiger partial charge in [-0.3, -0.25) is 14.6 Å². The van der Waals surface area contributed by atoms with Crippen molar-refractivity contribution in [1.82, 2.24) is 9.88 Å². The predicted molar refractivity (Wildman–Crippen MR) is 128 cm³/mol. The van der Waals surface area contributed by atoms with E-state index in [1.54, 1.807) is 48.5 Å². The number of unbranched alkanes of at least 4 members (excludes halogenated alkanes) is 2. The molecule has 2 heterocycles. The highest BCUT2D eigenvalue weighted by atomic mass is 16.5. The van der Waals surface area contributed by atoms with Crippen LogP contribution in [0.5, 0.6) is 5.75 Å². The first kappa shape index (κ1) is 21.8. The molecule has 3 rings (SSSR count). The molecule has 1 aromatic carbocycles. The van der Waals surface area contributed by atoms with Gasteiger partial charge in [0.25, 0.3) is 5.91 Å². The zero-order chi connectivity index (χ0) is 26.0. The number of para-hydroxylation sites is 1. The van der Waals surface area contributed by atoms with E-state index in [0.29, 0.717) is 48.6 Å². The minimum absolute atomic E-state index is 0.0738. The number of ether oxygens (including phenoxy) is 1. The van der Waals surface area contributed by atoms with Crippen LogP contribution in [-0.2, 0) is 11.3 Å². The van der Waals surface area contributed by atoms with Crippen LogP contribution in [0.1, 0.15) is 51.3 Å². The molecule has 0 aliphatic rings. The average molecular weight is 463 g/mol. The number of carboxylic acids is 1. The van der Waals surface area contributed by atoms with Crippen LogP contribution >= 0.6 is 0 Å². The highest BCUT2D eigenvalue weighted by Gasteiger charge is 2.18. The number of rotatable bonds is 12. The number of carboxylic acid groups (broad SMARTS) is 1. The second-order valence-corrected chi connectivity index (χ2v) is 7.45. The van der Waals surface area contributed by atoms with E-state index in [1.165, 1.54) is 19.4 Å². The van der Waals surface area contributed by atoms with E-state index in [9.17, 15) is 9.59 Å². The fraction of sp³-hybridized carbons (Fsp3) is 0.296. The van der Waals surface area contributed by atoms with Crippen LogP contribution in [0, 0.1) is 11.8 Å². The number of hydrogen-bond acceptors (Lipinski definition) is 5. The monoisotopic (exact) mass is 462 g/mol. The van der Waals surface area contributed by atoms with Crippen molar-refractivity contribution in [1.29, 1.82) is 0 Å². The van der Waals surface area contributed by atoms with Gasteiger partial charge in [0.05, 0.1) is 34.2 Å². The summed E-state index contributed by atoms with van der Waals surface area (Å²) in [6.07, 6.45) is 5.02. The summed E-state index contributed by atoms with van der Waals surface area (Å²) in [6.45, 7) is -0.420. The quantitative estimate of drug-likeness (QED) is 0.300. The van der Waals surface area contributed by atoms with Gasteiger partial charge < -0.3 is 19.2 Å². The summed E-state index contributed by atoms with van der Waals surface area (Å²) in [5.74, 6) is 4.76. The first-order valence-corrected chi connectivity index (χ1v) is 11.0. The molecule has 0 unspecified atom stereocenters. The molecular weight excluding hydrogens is 432 g/mol. The van der Waals surface area contributed by atoms with Crippen LogP contribution < -0.4 is 4.74 Å². The van der Waals surface area contributed by atoms with Gasteiger partial charge in [-0.1, -0.05) is 24.1 Å². The fourth-order valence-electron chi connectivity index (χ4n) is 3.21. The van der Waals surface area contributed by atoms with E-state index in [1.807, 2.05) is 0 Å². The summed E-state index contributed by atoms with van der Waals surface area (Å²) in [5.41, 5.74) is 1.39. The number of carbonyl (C=O) groups excluding carboxylic acids is 1. The third kappa shape index (κ3) is 7.24. The maximum Gasteiger partial charge on any atom is 0.303 e. The molecule has 0 saturated carbocycles. The van der Waals surface area contributed by atoms with Crippen molar-refractivity contribution in [2.45, 2.75) is 39.2 Å². The van der Waals surface area contributed by atoms with E-state index >= 15 is 0 Å². The Labute approximate surface area is 202 Å². The van der Waals surface area contributed by atoms with Gasteiger partial charge in [0.2, 0.25) is 0 Å². The van der Waals surface area contributed by atoms with Crippen LogP contribution in [0.25, 0.3) is 11.5 Å². The molecule has 2 aromatic heterocycles. The van der Waals surface area contributed by atoms with Gasteiger partial charge in [-0.25, -0.2) is 0 Å². The lowest BCUT2D eigenvalue weighted by atomic mass is 10.1. The highest BCUT2D eigenvalue weighted by molar-refractivity contribution is 5.94. The SMILES string of the molecule is [2H]C([2H])(C#CC)N(Cc1ccccc1OCCCCCC(=O)O)C(=O)c1ccc(-c2ccco2)nc1. The van der Waals surface area contributed by atoms with Gasteiger partial charge in [-0.05, 0) is 56.5 Å². The van der Waals surface area contributed by atoms with Crippen molar-refractivity contribution in [3.8, 4) is 29.0 Å². The summed E-state index contributed by atoms with van der Waals surface area (Å²) in [7, 11) is 0. The molecule has 0 bridgehead atoms. The number of aromatic nitrogens is 1. The number of nitrogens with zero attached hydrogens (tertiary/aromatic N) is 2. The van der Waals surface area contributed by atoms with Crippen molar-refractivity contribution >= 4 is 11.9 Å². The molecule has 3 aromatic rings. The Morgan fingerprint density at radius 2 is 2.00 bits per heavy atom. The van der Waals surface area contributed by atoms with Crippen molar-refractivity contribution in [3.63, 3.8) is 0 Å². The van der Waals surface area contributed by atoms with Gasteiger partial charge in [-0.2, -0.15) is 0 Å². The van der Waals surface area contributed by atoms with Gasteiger partial charge in [-0.15, -0.1) is 5.92 Å². The molecule has 7 nitrogen and oxygen atoms in total. The van der Waals surface area contributed by atoms with E-state index in [-0.39, 0.29) is 18.5 Å². The number of amides is 1. The Morgan fingerprint density at radius 3 is 2.71 bits per heavy atom. The minimum Gasteiger partial charge on any atom is -0.493 e. The van der Waals surface area contributed by atoms with Crippen LogP contribution in [-0.4, -0.2) is 40.0 Å². The van der Waals surface area contributed by atoms with E-state index in [0.717, 1.165) is 4.90 Å². The lowest BCUT2D eigenvalue weighted by Crippen LogP contribution is -2.31. The molecule has 176 valence electrons. The first-order chi connectivity index (χ1) is 17.3. The van der Waals surface area contributed by atoms with Gasteiger partial charge >= 0.3 is 5.97 Å². The zero-order valence-electron chi connectivity index (χ0n) is 21.0. The second-order valence-electron chi connectivity index (χ2n) is 7.45. The summed E-state index contributed by atoms with van der Waals surface area (Å²) in [6, 6.07) is 13.8. The number of furan rings is 1. The third-order valence-corrected chi connectivity index (χ3v) is 4.94. The van der Waals surface area contributed by atoms with Crippen LogP contribution in [0.15, 0.2) is 65.4 Å². The minimum atomic E-state index is -2.24. The van der Waals surface area contributed by atoms with Crippen molar-refractivity contribution in [2.24, 2.45) is 0 Å². The molecule has 0 spiro atoms. The lowest BCUT2D eigenvalue weighted by Gasteiger charge is -2.22. The summed E-state index contributed by atoms with van der Waals surface area (Å²) >= 11 is 0. The fourth-order valence-corrected chi connectivity index (χ4v) is 3.21. The molecule has 0 atom stereocenters. The lowest BCUT2D eigenvalue weighted by molar-refractivity contribution is -0.137. The van der Waals surface area contributed by atoms with E-state index in [2.05, 4.69) is 16.8 Å². The normalized spacial score (nSPS) is 11.6. The maximum atomic E-state index is 13.4. The van der Waals surface area contributed by atoms with Gasteiger partial charge in [0.1, 0.15) is 11.4 Å². The molecule has 0 aliphatic heterocycles. The molecule has 0 aliphatic carbocycles. The summed E-state index contributed by atoms with van der Waals surface area (Å²) < 4.78 is 28.2. The Morgan fingerprint density at radius 1 is 1.15 bits per heavy atom. The molecule has 0 fully saturated rings. The number of carbonyl (C=O) groups is 2. The number of aliphatic carboxylic acids is 1. The van der Waals surface area contributed by atoms with Crippen LogP contribution in [0.3, 0.4) is 0 Å². The van der Waals surface area contributed by atoms with Crippen LogP contribution in [0.2, 0.25) is 0 Å². The summed E-state index contributed by atoms with van der Waals surface area (Å²) in [4.78, 5) is 29.4.